The molecule has 2 N–H and O–H groups in total. The minimum Gasteiger partial charge on any atom is -0.458 e. The first-order valence-corrected chi connectivity index (χ1v) is 13.4. The Balaban J connectivity index is 2.21. The molecule has 210 valence electrons. The maximum absolute atomic E-state index is 12.8. The molecule has 2 heterocycles. The monoisotopic (exact) mass is 524 g/mol. The lowest BCUT2D eigenvalue weighted by Crippen LogP contribution is -2.68. The van der Waals surface area contributed by atoms with Gasteiger partial charge in [-0.1, -0.05) is 27.4 Å². The molecule has 0 aromatic heterocycles. The van der Waals surface area contributed by atoms with Gasteiger partial charge >= 0.3 is 17.9 Å². The van der Waals surface area contributed by atoms with Crippen LogP contribution in [0.5, 0.6) is 0 Å². The number of carbonyl (C=O) groups is 3. The molecule has 2 aliphatic heterocycles. The Hall–Kier alpha value is -1.97. The summed E-state index contributed by atoms with van der Waals surface area (Å²) in [6.07, 6.45) is -2.34. The number of ether oxygens (including phenoxy) is 4. The van der Waals surface area contributed by atoms with Crippen LogP contribution in [0.1, 0.15) is 80.6 Å². The third kappa shape index (κ3) is 5.73. The standard InChI is InChI=1S/C28H44O9/c1-9-10-20(32)37-27(7)12-11-18(31)15(4)13-19-23-22(25(27)36-19)21(14(2)3)24(34-16(5)29)26(28(23,8)33)35-17(6)30/h14,18-19,21-26,31,33H,4,9-13H2,1-3,5-8H3/t18-,19+,21+,22+,23+,24-,25+,26+,27+,28-/m0/s1. The van der Waals surface area contributed by atoms with E-state index in [1.165, 1.54) is 13.8 Å². The summed E-state index contributed by atoms with van der Waals surface area (Å²) in [5.74, 6) is -2.94. The highest BCUT2D eigenvalue weighted by molar-refractivity contribution is 5.70. The zero-order valence-corrected chi connectivity index (χ0v) is 23.2. The molecule has 1 saturated carbocycles. The summed E-state index contributed by atoms with van der Waals surface area (Å²) in [5.41, 5.74) is -2.20. The molecule has 0 radical (unpaired) electrons. The summed E-state index contributed by atoms with van der Waals surface area (Å²) in [6.45, 7) is 15.9. The van der Waals surface area contributed by atoms with E-state index >= 15 is 0 Å². The van der Waals surface area contributed by atoms with Crippen LogP contribution in [-0.2, 0) is 33.3 Å². The van der Waals surface area contributed by atoms with Gasteiger partial charge < -0.3 is 29.2 Å². The van der Waals surface area contributed by atoms with Crippen LogP contribution in [0.15, 0.2) is 12.2 Å². The smallest absolute Gasteiger partial charge is 0.306 e. The lowest BCUT2D eigenvalue weighted by molar-refractivity contribution is -0.240. The first-order chi connectivity index (χ1) is 17.1. The maximum Gasteiger partial charge on any atom is 0.306 e. The van der Waals surface area contributed by atoms with E-state index in [4.69, 9.17) is 18.9 Å². The van der Waals surface area contributed by atoms with Crippen LogP contribution in [0.3, 0.4) is 0 Å². The topological polar surface area (TPSA) is 129 Å². The molecule has 9 nitrogen and oxygen atoms in total. The van der Waals surface area contributed by atoms with Crippen molar-refractivity contribution in [2.45, 2.75) is 122 Å². The highest BCUT2D eigenvalue weighted by Gasteiger charge is 2.69. The summed E-state index contributed by atoms with van der Waals surface area (Å²) in [7, 11) is 0. The summed E-state index contributed by atoms with van der Waals surface area (Å²) in [4.78, 5) is 37.2. The molecule has 1 aliphatic carbocycles. The van der Waals surface area contributed by atoms with Crippen LogP contribution in [0.4, 0.5) is 0 Å². The number of esters is 3. The van der Waals surface area contributed by atoms with E-state index < -0.39 is 65.5 Å². The Morgan fingerprint density at radius 3 is 2.32 bits per heavy atom. The van der Waals surface area contributed by atoms with Gasteiger partial charge in [-0.05, 0) is 51.0 Å². The SMILES string of the molecule is C=C1C[C@H]2O[C@H]([C@@H]3[C@@H](C(C)C)[C@H](OC(C)=O)[C@@H](OC(C)=O)[C@@](C)(O)[C@@H]32)[C@](C)(OC(=O)CCC)CC[C@@H]1O. The summed E-state index contributed by atoms with van der Waals surface area (Å²) < 4.78 is 24.2. The number of hydrogen-bond donors (Lipinski definition) is 2. The Morgan fingerprint density at radius 1 is 1.16 bits per heavy atom. The van der Waals surface area contributed by atoms with Crippen molar-refractivity contribution in [3.63, 3.8) is 0 Å². The second-order valence-corrected chi connectivity index (χ2v) is 11.8. The largest absolute Gasteiger partial charge is 0.458 e. The van der Waals surface area contributed by atoms with Crippen LogP contribution in [-0.4, -0.2) is 69.8 Å². The first-order valence-electron chi connectivity index (χ1n) is 13.4. The highest BCUT2D eigenvalue weighted by atomic mass is 16.6. The van der Waals surface area contributed by atoms with Crippen molar-refractivity contribution in [1.82, 2.24) is 0 Å². The molecule has 37 heavy (non-hydrogen) atoms. The minimum atomic E-state index is -1.65. The van der Waals surface area contributed by atoms with Gasteiger partial charge in [0.1, 0.15) is 23.4 Å². The third-order valence-corrected chi connectivity index (χ3v) is 8.48. The molecule has 0 aromatic rings. The molecule has 2 saturated heterocycles. The lowest BCUT2D eigenvalue weighted by Gasteiger charge is -2.55. The van der Waals surface area contributed by atoms with E-state index in [-0.39, 0.29) is 30.6 Å². The van der Waals surface area contributed by atoms with Gasteiger partial charge in [0.25, 0.3) is 0 Å². The quantitative estimate of drug-likeness (QED) is 0.306. The van der Waals surface area contributed by atoms with E-state index in [0.717, 1.165) is 0 Å². The van der Waals surface area contributed by atoms with Gasteiger partial charge in [0, 0.05) is 38.0 Å². The molecular formula is C28H44O9. The number of hydrogen-bond acceptors (Lipinski definition) is 9. The predicted octanol–water partition coefficient (Wildman–Crippen LogP) is 3.09. The molecule has 3 aliphatic rings. The first kappa shape index (κ1) is 29.6. The molecule has 9 heteroatoms. The Bertz CT molecular complexity index is 896. The number of carbonyl (C=O) groups excluding carboxylic acids is 3. The van der Waals surface area contributed by atoms with Crippen molar-refractivity contribution in [1.29, 1.82) is 0 Å². The van der Waals surface area contributed by atoms with Crippen LogP contribution in [0, 0.1) is 23.7 Å². The molecule has 0 spiro atoms. The third-order valence-electron chi connectivity index (χ3n) is 8.48. The van der Waals surface area contributed by atoms with E-state index in [0.29, 0.717) is 24.8 Å². The summed E-state index contributed by atoms with van der Waals surface area (Å²) in [5, 5.41) is 22.9. The fourth-order valence-corrected chi connectivity index (χ4v) is 6.99. The average Bonchev–Trinajstić information content (AvgIpc) is 3.15. The van der Waals surface area contributed by atoms with Crippen molar-refractivity contribution in [3.8, 4) is 0 Å². The fraction of sp³-hybridized carbons (Fsp3) is 0.821. The van der Waals surface area contributed by atoms with E-state index in [2.05, 4.69) is 6.58 Å². The van der Waals surface area contributed by atoms with Crippen LogP contribution in [0.2, 0.25) is 0 Å². The van der Waals surface area contributed by atoms with Gasteiger partial charge in [-0.2, -0.15) is 0 Å². The Morgan fingerprint density at radius 2 is 1.78 bits per heavy atom. The predicted molar refractivity (Wildman–Crippen MR) is 134 cm³/mol. The molecule has 0 aromatic carbocycles. The molecule has 10 atom stereocenters. The van der Waals surface area contributed by atoms with Gasteiger partial charge in [0.15, 0.2) is 6.10 Å². The van der Waals surface area contributed by atoms with Crippen molar-refractivity contribution >= 4 is 17.9 Å². The zero-order chi connectivity index (χ0) is 27.9. The summed E-state index contributed by atoms with van der Waals surface area (Å²) in [6, 6.07) is 0. The number of fused-ring (bicyclic) bond motifs is 5. The molecule has 3 rings (SSSR count). The summed E-state index contributed by atoms with van der Waals surface area (Å²) >= 11 is 0. The second kappa shape index (κ2) is 11.0. The van der Waals surface area contributed by atoms with Gasteiger partial charge in [-0.25, -0.2) is 0 Å². The van der Waals surface area contributed by atoms with Gasteiger partial charge in [0.05, 0.1) is 12.2 Å². The molecule has 3 fully saturated rings. The van der Waals surface area contributed by atoms with Crippen LogP contribution in [0.25, 0.3) is 0 Å². The second-order valence-electron chi connectivity index (χ2n) is 11.8. The lowest BCUT2D eigenvalue weighted by atomic mass is 9.55. The fourth-order valence-electron chi connectivity index (χ4n) is 6.99. The van der Waals surface area contributed by atoms with E-state index in [1.54, 1.807) is 6.92 Å². The van der Waals surface area contributed by atoms with Crippen LogP contribution < -0.4 is 0 Å². The van der Waals surface area contributed by atoms with Crippen molar-refractivity contribution in [2.75, 3.05) is 0 Å². The number of aliphatic hydroxyl groups excluding tert-OH is 1. The van der Waals surface area contributed by atoms with Crippen LogP contribution >= 0.6 is 0 Å². The van der Waals surface area contributed by atoms with Crippen molar-refractivity contribution in [2.24, 2.45) is 23.7 Å². The van der Waals surface area contributed by atoms with E-state index in [9.17, 15) is 24.6 Å². The molecule has 0 unspecified atom stereocenters. The van der Waals surface area contributed by atoms with Gasteiger partial charge in [-0.3, -0.25) is 14.4 Å². The normalized spacial score (nSPS) is 41.7. The maximum atomic E-state index is 12.8. The number of aliphatic hydroxyl groups is 2. The zero-order valence-electron chi connectivity index (χ0n) is 23.2. The minimum absolute atomic E-state index is 0.0665. The van der Waals surface area contributed by atoms with Crippen molar-refractivity contribution in [3.05, 3.63) is 12.2 Å². The highest BCUT2D eigenvalue weighted by Crippen LogP contribution is 2.58. The molecule has 2 bridgehead atoms. The number of rotatable bonds is 6. The Labute approximate surface area is 219 Å². The van der Waals surface area contributed by atoms with E-state index in [1.807, 2.05) is 27.7 Å². The van der Waals surface area contributed by atoms with Crippen molar-refractivity contribution < 1.29 is 43.5 Å². The van der Waals surface area contributed by atoms with Gasteiger partial charge in [-0.15, -0.1) is 0 Å². The molecular weight excluding hydrogens is 480 g/mol. The van der Waals surface area contributed by atoms with Gasteiger partial charge in [0.2, 0.25) is 0 Å². The molecule has 0 amide bonds. The average molecular weight is 525 g/mol. The Kier molecular flexibility index (Phi) is 8.82.